The Hall–Kier alpha value is -0.640. The minimum Gasteiger partial charge on any atom is -0.391 e. The molecule has 0 bridgehead atoms. The molecule has 2 N–H and O–H groups in total. The Morgan fingerprint density at radius 2 is 2.23 bits per heavy atom. The second-order valence-electron chi connectivity index (χ2n) is 3.14. The van der Waals surface area contributed by atoms with Gasteiger partial charge in [0.1, 0.15) is 0 Å². The van der Waals surface area contributed by atoms with Gasteiger partial charge < -0.3 is 5.11 Å². The van der Waals surface area contributed by atoms with Gasteiger partial charge >= 0.3 is 0 Å². The molecule has 1 fully saturated rings. The standard InChI is InChI=1S/C7H12N2O3S/c8-4-5-13(11,12)9-6-2-1-3-7(6)10/h6-7,9-10H,1-3,5H2. The van der Waals surface area contributed by atoms with Gasteiger partial charge in [-0.1, -0.05) is 0 Å². The van der Waals surface area contributed by atoms with Crippen molar-refractivity contribution in [1.82, 2.24) is 4.72 Å². The lowest BCUT2D eigenvalue weighted by Crippen LogP contribution is -2.40. The Balaban J connectivity index is 2.54. The van der Waals surface area contributed by atoms with Crippen LogP contribution in [-0.2, 0) is 10.0 Å². The van der Waals surface area contributed by atoms with E-state index in [1.807, 2.05) is 0 Å². The average molecular weight is 204 g/mol. The fourth-order valence-electron chi connectivity index (χ4n) is 1.44. The molecular formula is C7H12N2O3S. The van der Waals surface area contributed by atoms with E-state index in [1.165, 1.54) is 0 Å². The van der Waals surface area contributed by atoms with Crippen molar-refractivity contribution >= 4 is 10.0 Å². The number of hydrogen-bond acceptors (Lipinski definition) is 4. The van der Waals surface area contributed by atoms with Crippen LogP contribution < -0.4 is 4.72 Å². The Bertz CT molecular complexity index is 306. The minimum atomic E-state index is -3.52. The molecule has 0 amide bonds. The predicted octanol–water partition coefficient (Wildman–Crippen LogP) is -0.657. The molecule has 0 aromatic carbocycles. The van der Waals surface area contributed by atoms with Gasteiger partial charge in [0.05, 0.1) is 12.2 Å². The molecule has 0 aromatic heterocycles. The van der Waals surface area contributed by atoms with E-state index < -0.39 is 27.9 Å². The number of sulfonamides is 1. The number of aliphatic hydroxyl groups is 1. The molecular weight excluding hydrogens is 192 g/mol. The van der Waals surface area contributed by atoms with Crippen molar-refractivity contribution < 1.29 is 13.5 Å². The van der Waals surface area contributed by atoms with E-state index in [1.54, 1.807) is 6.07 Å². The molecule has 74 valence electrons. The van der Waals surface area contributed by atoms with Gasteiger partial charge in [0.2, 0.25) is 10.0 Å². The highest BCUT2D eigenvalue weighted by molar-refractivity contribution is 7.89. The summed E-state index contributed by atoms with van der Waals surface area (Å²) >= 11 is 0. The van der Waals surface area contributed by atoms with Crippen LogP contribution in [0.4, 0.5) is 0 Å². The van der Waals surface area contributed by atoms with Gasteiger partial charge in [0.15, 0.2) is 5.75 Å². The normalized spacial score (nSPS) is 28.6. The summed E-state index contributed by atoms with van der Waals surface area (Å²) in [6.07, 6.45) is 1.49. The van der Waals surface area contributed by atoms with E-state index in [4.69, 9.17) is 5.26 Å². The van der Waals surface area contributed by atoms with Gasteiger partial charge in [-0.3, -0.25) is 0 Å². The summed E-state index contributed by atoms with van der Waals surface area (Å²) in [5.74, 6) is -0.545. The van der Waals surface area contributed by atoms with Gasteiger partial charge in [-0.15, -0.1) is 0 Å². The quantitative estimate of drug-likeness (QED) is 0.638. The van der Waals surface area contributed by atoms with Crippen molar-refractivity contribution in [1.29, 1.82) is 5.26 Å². The first-order chi connectivity index (χ1) is 6.05. The lowest BCUT2D eigenvalue weighted by molar-refractivity contribution is 0.159. The first-order valence-corrected chi connectivity index (χ1v) is 5.75. The molecule has 1 rings (SSSR count). The maximum Gasteiger partial charge on any atom is 0.225 e. The highest BCUT2D eigenvalue weighted by Crippen LogP contribution is 2.19. The van der Waals surface area contributed by atoms with Crippen LogP contribution in [0.3, 0.4) is 0 Å². The van der Waals surface area contributed by atoms with Crippen LogP contribution in [0, 0.1) is 11.3 Å². The van der Waals surface area contributed by atoms with Gasteiger partial charge in [-0.05, 0) is 19.3 Å². The van der Waals surface area contributed by atoms with E-state index in [9.17, 15) is 13.5 Å². The van der Waals surface area contributed by atoms with Crippen molar-refractivity contribution in [3.05, 3.63) is 0 Å². The lowest BCUT2D eigenvalue weighted by Gasteiger charge is -2.14. The molecule has 0 aliphatic heterocycles. The molecule has 1 saturated carbocycles. The van der Waals surface area contributed by atoms with Crippen LogP contribution in [0.5, 0.6) is 0 Å². The first-order valence-electron chi connectivity index (χ1n) is 4.10. The van der Waals surface area contributed by atoms with Crippen molar-refractivity contribution in [2.24, 2.45) is 0 Å². The third-order valence-corrected chi connectivity index (χ3v) is 3.24. The SMILES string of the molecule is N#CCS(=O)(=O)NC1CCCC1O. The van der Waals surface area contributed by atoms with E-state index in [0.717, 1.165) is 6.42 Å². The molecule has 0 aromatic rings. The summed E-state index contributed by atoms with van der Waals surface area (Å²) in [6.45, 7) is 0. The van der Waals surface area contributed by atoms with Crippen molar-refractivity contribution in [2.75, 3.05) is 5.75 Å². The number of nitriles is 1. The lowest BCUT2D eigenvalue weighted by atomic mass is 10.2. The van der Waals surface area contributed by atoms with Crippen LogP contribution in [0.1, 0.15) is 19.3 Å². The summed E-state index contributed by atoms with van der Waals surface area (Å²) in [6, 6.07) is 1.16. The molecule has 2 unspecified atom stereocenters. The van der Waals surface area contributed by atoms with Crippen molar-refractivity contribution in [2.45, 2.75) is 31.4 Å². The van der Waals surface area contributed by atoms with Crippen LogP contribution >= 0.6 is 0 Å². The fourth-order valence-corrected chi connectivity index (χ4v) is 2.42. The zero-order valence-electron chi connectivity index (χ0n) is 7.10. The summed E-state index contributed by atoms with van der Waals surface area (Å²) in [5, 5.41) is 17.5. The number of hydrogen-bond donors (Lipinski definition) is 2. The molecule has 13 heavy (non-hydrogen) atoms. The van der Waals surface area contributed by atoms with E-state index in [0.29, 0.717) is 12.8 Å². The monoisotopic (exact) mass is 204 g/mol. The van der Waals surface area contributed by atoms with Crippen LogP contribution in [-0.4, -0.2) is 31.4 Å². The van der Waals surface area contributed by atoms with E-state index in [-0.39, 0.29) is 0 Å². The summed E-state index contributed by atoms with van der Waals surface area (Å²) in [7, 11) is -3.52. The zero-order valence-corrected chi connectivity index (χ0v) is 7.92. The largest absolute Gasteiger partial charge is 0.391 e. The number of nitrogens with one attached hydrogen (secondary N) is 1. The first kappa shape index (κ1) is 10.4. The Morgan fingerprint density at radius 3 is 2.69 bits per heavy atom. The molecule has 1 aliphatic rings. The molecule has 6 heteroatoms. The molecule has 0 saturated heterocycles. The number of aliphatic hydroxyl groups excluding tert-OH is 1. The van der Waals surface area contributed by atoms with Gasteiger partial charge in [0, 0.05) is 6.04 Å². The van der Waals surface area contributed by atoms with Gasteiger partial charge in [-0.25, -0.2) is 13.1 Å². The smallest absolute Gasteiger partial charge is 0.225 e. The second-order valence-corrected chi connectivity index (χ2v) is 4.89. The number of nitrogens with zero attached hydrogens (tertiary/aromatic N) is 1. The molecule has 2 atom stereocenters. The molecule has 0 heterocycles. The number of rotatable bonds is 3. The topological polar surface area (TPSA) is 90.2 Å². The fraction of sp³-hybridized carbons (Fsp3) is 0.857. The predicted molar refractivity (Wildman–Crippen MR) is 46.2 cm³/mol. The van der Waals surface area contributed by atoms with E-state index in [2.05, 4.69) is 4.72 Å². The molecule has 0 spiro atoms. The second kappa shape index (κ2) is 4.05. The maximum absolute atomic E-state index is 11.1. The van der Waals surface area contributed by atoms with Crippen LogP contribution in [0.15, 0.2) is 0 Å². The van der Waals surface area contributed by atoms with Crippen LogP contribution in [0.2, 0.25) is 0 Å². The Morgan fingerprint density at radius 1 is 1.54 bits per heavy atom. The van der Waals surface area contributed by atoms with Gasteiger partial charge in [-0.2, -0.15) is 5.26 Å². The highest BCUT2D eigenvalue weighted by Gasteiger charge is 2.28. The van der Waals surface area contributed by atoms with E-state index >= 15 is 0 Å². The Kier molecular flexibility index (Phi) is 3.25. The third kappa shape index (κ3) is 2.95. The third-order valence-electron chi connectivity index (χ3n) is 2.06. The van der Waals surface area contributed by atoms with Crippen molar-refractivity contribution in [3.8, 4) is 6.07 Å². The molecule has 5 nitrogen and oxygen atoms in total. The minimum absolute atomic E-state index is 0.404. The molecule has 0 radical (unpaired) electrons. The maximum atomic E-state index is 11.1. The Labute approximate surface area is 77.4 Å². The summed E-state index contributed by atoms with van der Waals surface area (Å²) in [4.78, 5) is 0. The van der Waals surface area contributed by atoms with Gasteiger partial charge in [0.25, 0.3) is 0 Å². The zero-order chi connectivity index (χ0) is 9.90. The van der Waals surface area contributed by atoms with Crippen molar-refractivity contribution in [3.63, 3.8) is 0 Å². The average Bonchev–Trinajstić information content (AvgIpc) is 2.35. The molecule has 1 aliphatic carbocycles. The van der Waals surface area contributed by atoms with Crippen LogP contribution in [0.25, 0.3) is 0 Å². The summed E-state index contributed by atoms with van der Waals surface area (Å²) in [5.41, 5.74) is 0. The summed E-state index contributed by atoms with van der Waals surface area (Å²) < 4.78 is 24.5. The highest BCUT2D eigenvalue weighted by atomic mass is 32.2.